The Morgan fingerprint density at radius 2 is 2.31 bits per heavy atom. The average Bonchev–Trinajstić information content (AvgIpc) is 2.25. The van der Waals surface area contributed by atoms with Gasteiger partial charge >= 0.3 is 5.97 Å². The summed E-state index contributed by atoms with van der Waals surface area (Å²) in [4.78, 5) is 10.8. The van der Waals surface area contributed by atoms with E-state index in [2.05, 4.69) is 5.32 Å². The summed E-state index contributed by atoms with van der Waals surface area (Å²) in [6.07, 6.45) is 0.420. The maximum absolute atomic E-state index is 13.3. The number of ether oxygens (including phenoxy) is 1. The summed E-state index contributed by atoms with van der Waals surface area (Å²) in [5.74, 6) is -1.35. The molecule has 0 aromatic heterocycles. The van der Waals surface area contributed by atoms with Crippen LogP contribution >= 0.6 is 0 Å². The van der Waals surface area contributed by atoms with Crippen LogP contribution in [0.2, 0.25) is 0 Å². The molecule has 0 heterocycles. The normalized spacial score (nSPS) is 11.9. The van der Waals surface area contributed by atoms with E-state index in [1.807, 2.05) is 0 Å². The van der Waals surface area contributed by atoms with Gasteiger partial charge in [-0.2, -0.15) is 0 Å². The molecule has 1 atom stereocenters. The lowest BCUT2D eigenvalue weighted by molar-refractivity contribution is -0.137. The Hall–Kier alpha value is -1.78. The summed E-state index contributed by atoms with van der Waals surface area (Å²) in [5, 5.41) is 11.5. The van der Waals surface area contributed by atoms with Crippen molar-refractivity contribution in [2.24, 2.45) is 0 Å². The van der Waals surface area contributed by atoms with Gasteiger partial charge in [-0.1, -0.05) is 6.92 Å². The highest BCUT2D eigenvalue weighted by molar-refractivity contribution is 5.77. The maximum Gasteiger partial charge on any atom is 0.326 e. The molecule has 5 heteroatoms. The highest BCUT2D eigenvalue weighted by Crippen LogP contribution is 2.21. The number of benzene rings is 1. The number of rotatable bonds is 5. The molecule has 1 aromatic carbocycles. The van der Waals surface area contributed by atoms with Crippen molar-refractivity contribution in [3.63, 3.8) is 0 Å². The predicted molar refractivity (Wildman–Crippen MR) is 58.3 cm³/mol. The van der Waals surface area contributed by atoms with Gasteiger partial charge in [0.1, 0.15) is 6.04 Å². The fourth-order valence-corrected chi connectivity index (χ4v) is 1.30. The van der Waals surface area contributed by atoms with Gasteiger partial charge < -0.3 is 15.2 Å². The van der Waals surface area contributed by atoms with Crippen molar-refractivity contribution in [1.82, 2.24) is 0 Å². The van der Waals surface area contributed by atoms with Gasteiger partial charge in [0, 0.05) is 11.8 Å². The molecule has 0 aliphatic rings. The van der Waals surface area contributed by atoms with E-state index in [-0.39, 0.29) is 5.75 Å². The first kappa shape index (κ1) is 12.3. The van der Waals surface area contributed by atoms with Gasteiger partial charge in [0.2, 0.25) is 0 Å². The molecule has 0 amide bonds. The van der Waals surface area contributed by atoms with Gasteiger partial charge in [-0.15, -0.1) is 0 Å². The van der Waals surface area contributed by atoms with Crippen LogP contribution in [0.5, 0.6) is 5.75 Å². The topological polar surface area (TPSA) is 58.6 Å². The predicted octanol–water partition coefficient (Wildman–Crippen LogP) is 2.11. The maximum atomic E-state index is 13.3. The molecule has 4 nitrogen and oxygen atoms in total. The summed E-state index contributed by atoms with van der Waals surface area (Å²) in [5.41, 5.74) is 0.424. The Balaban J connectivity index is 2.81. The van der Waals surface area contributed by atoms with Crippen LogP contribution in [0, 0.1) is 5.82 Å². The van der Waals surface area contributed by atoms with Crippen molar-refractivity contribution < 1.29 is 19.0 Å². The van der Waals surface area contributed by atoms with E-state index < -0.39 is 17.8 Å². The minimum absolute atomic E-state index is 0.133. The third-order valence-electron chi connectivity index (χ3n) is 2.20. The zero-order valence-electron chi connectivity index (χ0n) is 9.16. The lowest BCUT2D eigenvalue weighted by Crippen LogP contribution is -2.28. The summed E-state index contributed by atoms with van der Waals surface area (Å²) >= 11 is 0. The standard InChI is InChI=1S/C11H14FNO3/c1-3-9(11(14)15)13-7-4-5-10(16-2)8(12)6-7/h4-6,9,13H,3H2,1-2H3,(H,14,15). The number of nitrogens with one attached hydrogen (secondary N) is 1. The van der Waals surface area contributed by atoms with E-state index in [0.29, 0.717) is 12.1 Å². The Morgan fingerprint density at radius 3 is 2.75 bits per heavy atom. The molecule has 0 saturated carbocycles. The minimum atomic E-state index is -0.960. The van der Waals surface area contributed by atoms with Crippen LogP contribution in [-0.2, 0) is 4.79 Å². The van der Waals surface area contributed by atoms with Crippen LogP contribution < -0.4 is 10.1 Å². The SMILES string of the molecule is CCC(Nc1ccc(OC)c(F)c1)C(=O)O. The highest BCUT2D eigenvalue weighted by atomic mass is 19.1. The average molecular weight is 227 g/mol. The van der Waals surface area contributed by atoms with E-state index >= 15 is 0 Å². The molecule has 0 fully saturated rings. The van der Waals surface area contributed by atoms with Gasteiger partial charge in [0.15, 0.2) is 11.6 Å². The smallest absolute Gasteiger partial charge is 0.326 e. The van der Waals surface area contributed by atoms with Crippen molar-refractivity contribution in [3.05, 3.63) is 24.0 Å². The van der Waals surface area contributed by atoms with Crippen molar-refractivity contribution >= 4 is 11.7 Å². The molecule has 0 spiro atoms. The summed E-state index contributed by atoms with van der Waals surface area (Å²) < 4.78 is 18.1. The van der Waals surface area contributed by atoms with Crippen LogP contribution in [0.3, 0.4) is 0 Å². The minimum Gasteiger partial charge on any atom is -0.494 e. The molecule has 2 N–H and O–H groups in total. The second-order valence-corrected chi connectivity index (χ2v) is 3.29. The molecule has 0 bridgehead atoms. The lowest BCUT2D eigenvalue weighted by atomic mass is 10.2. The Bertz CT molecular complexity index is 381. The number of carboxylic acids is 1. The first-order chi connectivity index (χ1) is 7.58. The monoisotopic (exact) mass is 227 g/mol. The Kier molecular flexibility index (Phi) is 4.10. The van der Waals surface area contributed by atoms with Crippen molar-refractivity contribution in [2.75, 3.05) is 12.4 Å². The zero-order chi connectivity index (χ0) is 12.1. The number of aliphatic carboxylic acids is 1. The van der Waals surface area contributed by atoms with E-state index in [4.69, 9.17) is 9.84 Å². The van der Waals surface area contributed by atoms with Crippen molar-refractivity contribution in [2.45, 2.75) is 19.4 Å². The highest BCUT2D eigenvalue weighted by Gasteiger charge is 2.15. The number of methoxy groups -OCH3 is 1. The number of carbonyl (C=O) groups is 1. The number of hydrogen-bond donors (Lipinski definition) is 2. The van der Waals surface area contributed by atoms with Gasteiger partial charge in [0.25, 0.3) is 0 Å². The zero-order valence-corrected chi connectivity index (χ0v) is 9.16. The van der Waals surface area contributed by atoms with Crippen LogP contribution in [0.4, 0.5) is 10.1 Å². The molecule has 0 aliphatic carbocycles. The van der Waals surface area contributed by atoms with Gasteiger partial charge in [-0.3, -0.25) is 0 Å². The first-order valence-corrected chi connectivity index (χ1v) is 4.91. The molecule has 1 unspecified atom stereocenters. The fourth-order valence-electron chi connectivity index (χ4n) is 1.30. The van der Waals surface area contributed by atoms with E-state index in [9.17, 15) is 9.18 Å². The van der Waals surface area contributed by atoms with Gasteiger partial charge in [-0.25, -0.2) is 9.18 Å². The molecule has 0 aliphatic heterocycles. The molecule has 0 radical (unpaired) electrons. The third-order valence-corrected chi connectivity index (χ3v) is 2.20. The Morgan fingerprint density at radius 1 is 1.62 bits per heavy atom. The lowest BCUT2D eigenvalue weighted by Gasteiger charge is -2.14. The second kappa shape index (κ2) is 5.34. The third kappa shape index (κ3) is 2.85. The van der Waals surface area contributed by atoms with Crippen LogP contribution in [0.25, 0.3) is 0 Å². The van der Waals surface area contributed by atoms with Crippen LogP contribution in [0.15, 0.2) is 18.2 Å². The summed E-state index contributed by atoms with van der Waals surface area (Å²) in [7, 11) is 1.37. The number of hydrogen-bond acceptors (Lipinski definition) is 3. The molecule has 1 aromatic rings. The van der Waals surface area contributed by atoms with E-state index in [0.717, 1.165) is 0 Å². The Labute approximate surface area is 93.0 Å². The number of carboxylic acid groups (broad SMARTS) is 1. The van der Waals surface area contributed by atoms with Crippen molar-refractivity contribution in [1.29, 1.82) is 0 Å². The summed E-state index contributed by atoms with van der Waals surface area (Å²) in [6.45, 7) is 1.74. The van der Waals surface area contributed by atoms with Crippen molar-refractivity contribution in [3.8, 4) is 5.75 Å². The van der Waals surface area contributed by atoms with Crippen LogP contribution in [-0.4, -0.2) is 24.2 Å². The quantitative estimate of drug-likeness (QED) is 0.808. The molecule has 1 rings (SSSR count). The number of halogens is 1. The summed E-state index contributed by atoms with van der Waals surface area (Å²) in [6, 6.07) is 3.53. The van der Waals surface area contributed by atoms with Crippen LogP contribution in [0.1, 0.15) is 13.3 Å². The molecular formula is C11H14FNO3. The van der Waals surface area contributed by atoms with E-state index in [1.165, 1.54) is 19.2 Å². The fraction of sp³-hybridized carbons (Fsp3) is 0.364. The molecule has 88 valence electrons. The second-order valence-electron chi connectivity index (χ2n) is 3.29. The molecular weight excluding hydrogens is 213 g/mol. The first-order valence-electron chi connectivity index (χ1n) is 4.91. The van der Waals surface area contributed by atoms with Gasteiger partial charge in [0.05, 0.1) is 7.11 Å². The van der Waals surface area contributed by atoms with Gasteiger partial charge in [-0.05, 0) is 18.6 Å². The molecule has 16 heavy (non-hydrogen) atoms. The van der Waals surface area contributed by atoms with E-state index in [1.54, 1.807) is 13.0 Å². The molecule has 0 saturated heterocycles. The number of anilines is 1. The largest absolute Gasteiger partial charge is 0.494 e.